The first-order valence-corrected chi connectivity index (χ1v) is 14.7. The summed E-state index contributed by atoms with van der Waals surface area (Å²) in [5.74, 6) is 3.98. The number of fused-ring (bicyclic) bond motifs is 3. The van der Waals surface area contributed by atoms with Crippen molar-refractivity contribution < 1.29 is 0 Å². The molecule has 2 aromatic heterocycles. The molecule has 2 fully saturated rings. The number of aromatic nitrogens is 4. The van der Waals surface area contributed by atoms with Crippen LogP contribution in [0.3, 0.4) is 0 Å². The highest BCUT2D eigenvalue weighted by Gasteiger charge is 2.45. The quantitative estimate of drug-likeness (QED) is 0.231. The van der Waals surface area contributed by atoms with Gasteiger partial charge >= 0.3 is 0 Å². The van der Waals surface area contributed by atoms with Gasteiger partial charge in [0.05, 0.1) is 11.6 Å². The van der Waals surface area contributed by atoms with Gasteiger partial charge in [0.1, 0.15) is 5.69 Å². The zero-order chi connectivity index (χ0) is 28.0. The summed E-state index contributed by atoms with van der Waals surface area (Å²) in [7, 11) is 0. The Bertz CT molecular complexity index is 1770. The average Bonchev–Trinajstić information content (AvgIpc) is 3.00. The maximum Gasteiger partial charge on any atom is 0.182 e. The molecule has 2 aliphatic rings. The summed E-state index contributed by atoms with van der Waals surface area (Å²) in [6, 6.07) is 28.8. The maximum atomic E-state index is 9.51. The molecule has 4 atom stereocenters. The predicted octanol–water partition coefficient (Wildman–Crippen LogP) is 8.40. The molecule has 5 nitrogen and oxygen atoms in total. The van der Waals surface area contributed by atoms with Crippen LogP contribution in [-0.2, 0) is 5.41 Å². The second kappa shape index (κ2) is 10.2. The van der Waals surface area contributed by atoms with Gasteiger partial charge in [0, 0.05) is 17.3 Å². The van der Waals surface area contributed by atoms with E-state index in [1.165, 1.54) is 48.4 Å². The van der Waals surface area contributed by atoms with E-state index in [1.807, 2.05) is 36.4 Å². The number of benzene rings is 3. The summed E-state index contributed by atoms with van der Waals surface area (Å²) in [6.07, 6.45) is 8.28. The highest BCUT2D eigenvalue weighted by atomic mass is 15.0. The van der Waals surface area contributed by atoms with Gasteiger partial charge in [-0.1, -0.05) is 68.4 Å². The van der Waals surface area contributed by atoms with E-state index in [9.17, 15) is 5.26 Å². The van der Waals surface area contributed by atoms with Gasteiger partial charge in [0.15, 0.2) is 17.5 Å². The first kappa shape index (κ1) is 25.5. The Morgan fingerprint density at radius 2 is 1.46 bits per heavy atom. The van der Waals surface area contributed by atoms with Gasteiger partial charge in [0.25, 0.3) is 0 Å². The molecule has 0 spiro atoms. The summed E-state index contributed by atoms with van der Waals surface area (Å²) in [5.41, 5.74) is 4.73. The fourth-order valence-corrected chi connectivity index (χ4v) is 7.95. The van der Waals surface area contributed by atoms with E-state index in [0.29, 0.717) is 28.7 Å². The van der Waals surface area contributed by atoms with Crippen LogP contribution >= 0.6 is 0 Å². The molecule has 0 N–H and O–H groups in total. The van der Waals surface area contributed by atoms with Crippen LogP contribution < -0.4 is 0 Å². The molecule has 2 aliphatic carbocycles. The van der Waals surface area contributed by atoms with Crippen molar-refractivity contribution in [2.45, 2.75) is 51.4 Å². The van der Waals surface area contributed by atoms with Gasteiger partial charge < -0.3 is 0 Å². The molecular weight excluding hydrogens is 502 g/mol. The normalized spacial score (nSPS) is 23.7. The average molecular weight is 536 g/mol. The van der Waals surface area contributed by atoms with Crippen LogP contribution in [0.5, 0.6) is 0 Å². The SMILES string of the molecule is C[C@@H]1C[C@@H]2C[C@H](C)CC(c3ccc(-c4nc(-c5cccc(C#N)c5)nc(-c5ccccn5)n4)c4ccccc34)(C1)C2. The van der Waals surface area contributed by atoms with E-state index in [4.69, 9.17) is 15.0 Å². The van der Waals surface area contributed by atoms with Crippen molar-refractivity contribution in [3.05, 3.63) is 96.2 Å². The molecule has 41 heavy (non-hydrogen) atoms. The molecule has 2 heterocycles. The number of nitriles is 1. The van der Waals surface area contributed by atoms with Crippen LogP contribution in [0, 0.1) is 29.1 Å². The zero-order valence-corrected chi connectivity index (χ0v) is 23.6. The Morgan fingerprint density at radius 1 is 0.732 bits per heavy atom. The molecule has 1 unspecified atom stereocenters. The maximum absolute atomic E-state index is 9.51. The summed E-state index contributed by atoms with van der Waals surface area (Å²) in [4.78, 5) is 19.3. The van der Waals surface area contributed by atoms with Crippen molar-refractivity contribution in [3.63, 3.8) is 0 Å². The third-order valence-corrected chi connectivity index (χ3v) is 9.14. The van der Waals surface area contributed by atoms with Crippen molar-refractivity contribution in [1.29, 1.82) is 5.26 Å². The molecule has 0 aliphatic heterocycles. The van der Waals surface area contributed by atoms with Crippen LogP contribution in [0.15, 0.2) is 85.1 Å². The number of pyridine rings is 1. The fourth-order valence-electron chi connectivity index (χ4n) is 7.95. The predicted molar refractivity (Wildman–Crippen MR) is 163 cm³/mol. The van der Waals surface area contributed by atoms with Gasteiger partial charge in [-0.15, -0.1) is 0 Å². The Morgan fingerprint density at radius 3 is 2.22 bits per heavy atom. The van der Waals surface area contributed by atoms with Gasteiger partial charge in [-0.25, -0.2) is 15.0 Å². The highest BCUT2D eigenvalue weighted by Crippen LogP contribution is 2.55. The molecule has 3 aromatic carbocycles. The highest BCUT2D eigenvalue weighted by molar-refractivity contribution is 5.98. The number of rotatable bonds is 4. The first-order valence-electron chi connectivity index (χ1n) is 14.7. The second-order valence-corrected chi connectivity index (χ2v) is 12.4. The Hall–Kier alpha value is -4.43. The molecule has 5 heteroatoms. The number of hydrogen-bond donors (Lipinski definition) is 0. The van der Waals surface area contributed by atoms with Gasteiger partial charge in [0.2, 0.25) is 0 Å². The minimum Gasteiger partial charge on any atom is -0.253 e. The van der Waals surface area contributed by atoms with Crippen LogP contribution in [0.4, 0.5) is 0 Å². The summed E-state index contributed by atoms with van der Waals surface area (Å²) < 4.78 is 0. The zero-order valence-electron chi connectivity index (χ0n) is 23.6. The summed E-state index contributed by atoms with van der Waals surface area (Å²) in [5, 5.41) is 12.0. The Labute approximate surface area is 241 Å². The third-order valence-electron chi connectivity index (χ3n) is 9.14. The van der Waals surface area contributed by atoms with Crippen LogP contribution in [0.25, 0.3) is 45.1 Å². The molecule has 2 bridgehead atoms. The minimum absolute atomic E-state index is 0.221. The van der Waals surface area contributed by atoms with Crippen molar-refractivity contribution in [2.24, 2.45) is 17.8 Å². The van der Waals surface area contributed by atoms with Crippen LogP contribution in [-0.4, -0.2) is 19.9 Å². The topological polar surface area (TPSA) is 75.3 Å². The lowest BCUT2D eigenvalue weighted by Gasteiger charge is -2.51. The molecule has 7 rings (SSSR count). The number of nitrogens with zero attached hydrogens (tertiary/aromatic N) is 5. The molecule has 202 valence electrons. The van der Waals surface area contributed by atoms with Gasteiger partial charge in [-0.05, 0) is 95.9 Å². The van der Waals surface area contributed by atoms with Gasteiger partial charge in [-0.3, -0.25) is 4.98 Å². The van der Waals surface area contributed by atoms with E-state index in [-0.39, 0.29) is 5.41 Å². The van der Waals surface area contributed by atoms with E-state index in [0.717, 1.165) is 28.9 Å². The van der Waals surface area contributed by atoms with E-state index in [1.54, 1.807) is 12.3 Å². The van der Waals surface area contributed by atoms with Crippen molar-refractivity contribution in [2.75, 3.05) is 0 Å². The molecule has 5 aromatic rings. The van der Waals surface area contributed by atoms with E-state index in [2.05, 4.69) is 61.3 Å². The smallest absolute Gasteiger partial charge is 0.182 e. The van der Waals surface area contributed by atoms with E-state index < -0.39 is 0 Å². The van der Waals surface area contributed by atoms with Crippen molar-refractivity contribution in [3.8, 4) is 40.4 Å². The van der Waals surface area contributed by atoms with Crippen LogP contribution in [0.2, 0.25) is 0 Å². The first-order chi connectivity index (χ1) is 20.0. The third kappa shape index (κ3) is 4.68. The fraction of sp³-hybridized carbons (Fsp3) is 0.306. The largest absolute Gasteiger partial charge is 0.253 e. The summed E-state index contributed by atoms with van der Waals surface area (Å²) in [6.45, 7) is 4.89. The number of hydrogen-bond acceptors (Lipinski definition) is 5. The van der Waals surface area contributed by atoms with Crippen LogP contribution in [0.1, 0.15) is 57.1 Å². The lowest BCUT2D eigenvalue weighted by atomic mass is 9.54. The lowest BCUT2D eigenvalue weighted by molar-refractivity contribution is 0.0790. The monoisotopic (exact) mass is 535 g/mol. The second-order valence-electron chi connectivity index (χ2n) is 12.4. The molecule has 0 amide bonds. The summed E-state index contributed by atoms with van der Waals surface area (Å²) >= 11 is 0. The molecular formula is C36H33N5. The van der Waals surface area contributed by atoms with E-state index >= 15 is 0 Å². The molecule has 0 radical (unpaired) electrons. The van der Waals surface area contributed by atoms with Gasteiger partial charge in [-0.2, -0.15) is 5.26 Å². The molecule has 0 saturated heterocycles. The minimum atomic E-state index is 0.221. The van der Waals surface area contributed by atoms with Crippen molar-refractivity contribution in [1.82, 2.24) is 19.9 Å². The Kier molecular flexibility index (Phi) is 6.35. The standard InChI is InChI=1S/C36H33N5/c1-23-16-26-17-24(2)20-36(19-23,21-26)31-14-13-30(28-10-3-4-11-29(28)31)34-39-33(27-9-7-8-25(18-27)22-37)40-35(41-34)32-12-5-6-15-38-32/h3-15,18,23-24,26H,16-17,19-21H2,1-2H3/t23-,24+,26-,36?. The molecule has 2 saturated carbocycles. The Balaban J connectivity index is 1.42. The van der Waals surface area contributed by atoms with Crippen molar-refractivity contribution >= 4 is 10.8 Å². The lowest BCUT2D eigenvalue weighted by Crippen LogP contribution is -2.42.